The summed E-state index contributed by atoms with van der Waals surface area (Å²) in [5.41, 5.74) is 3.62. The Morgan fingerprint density at radius 2 is 1.31 bits per heavy atom. The second-order valence-electron chi connectivity index (χ2n) is 6.02. The molecule has 0 spiro atoms. The van der Waals surface area contributed by atoms with Crippen molar-refractivity contribution in [3.8, 4) is 22.6 Å². The second-order valence-corrected chi connectivity index (χ2v) is 6.02. The lowest BCUT2D eigenvalue weighted by atomic mass is 10.0. The zero-order valence-electron chi connectivity index (χ0n) is 15.1. The first-order valence-corrected chi connectivity index (χ1v) is 9.03. The lowest BCUT2D eigenvalue weighted by Crippen LogP contribution is -1.96. The third-order valence-electron chi connectivity index (χ3n) is 3.97. The molecule has 0 fully saturated rings. The van der Waals surface area contributed by atoms with Crippen LogP contribution in [0.3, 0.4) is 0 Å². The van der Waals surface area contributed by atoms with Gasteiger partial charge in [0.05, 0.1) is 6.61 Å². The number of ether oxygens (including phenoxy) is 2. The lowest BCUT2D eigenvalue weighted by molar-refractivity contribution is 0.315. The van der Waals surface area contributed by atoms with Gasteiger partial charge in [-0.25, -0.2) is 0 Å². The molecule has 0 radical (unpaired) electrons. The van der Waals surface area contributed by atoms with Crippen molar-refractivity contribution in [1.29, 1.82) is 0 Å². The number of hydrogen-bond donors (Lipinski definition) is 0. The minimum atomic E-state index is 0.537. The normalized spacial score (nSPS) is 10.8. The molecule has 0 aliphatic carbocycles. The number of rotatable bonds is 8. The van der Waals surface area contributed by atoms with Crippen LogP contribution in [0.1, 0.15) is 18.9 Å². The van der Waals surface area contributed by atoms with E-state index < -0.39 is 0 Å². The molecule has 0 heterocycles. The molecular formula is C24H24O2. The van der Waals surface area contributed by atoms with Crippen molar-refractivity contribution >= 4 is 6.08 Å². The molecule has 0 saturated heterocycles. The molecule has 0 aliphatic rings. The predicted octanol–water partition coefficient (Wildman–Crippen LogP) is 6.23. The third-order valence-corrected chi connectivity index (χ3v) is 3.97. The average molecular weight is 344 g/mol. The average Bonchev–Trinajstić information content (AvgIpc) is 2.72. The van der Waals surface area contributed by atoms with Gasteiger partial charge in [0.25, 0.3) is 0 Å². The third kappa shape index (κ3) is 5.25. The van der Waals surface area contributed by atoms with Gasteiger partial charge in [-0.05, 0) is 53.5 Å². The molecule has 0 bridgehead atoms. The summed E-state index contributed by atoms with van der Waals surface area (Å²) in [7, 11) is 0. The van der Waals surface area contributed by atoms with Crippen LogP contribution < -0.4 is 9.47 Å². The fourth-order valence-corrected chi connectivity index (χ4v) is 2.60. The lowest BCUT2D eigenvalue weighted by Gasteiger charge is -2.06. The highest BCUT2D eigenvalue weighted by Gasteiger charge is 1.97. The van der Waals surface area contributed by atoms with Crippen LogP contribution in [0.4, 0.5) is 0 Å². The summed E-state index contributed by atoms with van der Waals surface area (Å²) < 4.78 is 11.3. The number of benzene rings is 3. The van der Waals surface area contributed by atoms with Crippen molar-refractivity contribution < 1.29 is 9.47 Å². The SMILES string of the molecule is CCCOc1ccc(OC/C=C/c2ccc(-c3ccccc3)cc2)cc1. The maximum Gasteiger partial charge on any atom is 0.120 e. The monoisotopic (exact) mass is 344 g/mol. The van der Waals surface area contributed by atoms with Crippen LogP contribution in [0.15, 0.2) is 84.9 Å². The van der Waals surface area contributed by atoms with Crippen LogP contribution in [-0.2, 0) is 0 Å². The first-order valence-electron chi connectivity index (χ1n) is 9.03. The van der Waals surface area contributed by atoms with Crippen LogP contribution in [0.5, 0.6) is 11.5 Å². The van der Waals surface area contributed by atoms with E-state index in [4.69, 9.17) is 9.47 Å². The summed E-state index contributed by atoms with van der Waals surface area (Å²) in [6, 6.07) is 26.7. The van der Waals surface area contributed by atoms with Gasteiger partial charge in [-0.15, -0.1) is 0 Å². The summed E-state index contributed by atoms with van der Waals surface area (Å²) in [6.45, 7) is 3.38. The number of hydrogen-bond acceptors (Lipinski definition) is 2. The molecule has 0 unspecified atom stereocenters. The van der Waals surface area contributed by atoms with E-state index in [9.17, 15) is 0 Å². The van der Waals surface area contributed by atoms with Crippen LogP contribution in [0.25, 0.3) is 17.2 Å². The molecule has 0 aromatic heterocycles. The van der Waals surface area contributed by atoms with Gasteiger partial charge in [-0.2, -0.15) is 0 Å². The highest BCUT2D eigenvalue weighted by atomic mass is 16.5. The first kappa shape index (κ1) is 17.8. The fraction of sp³-hybridized carbons (Fsp3) is 0.167. The molecule has 0 N–H and O–H groups in total. The topological polar surface area (TPSA) is 18.5 Å². The van der Waals surface area contributed by atoms with Gasteiger partial charge in [-0.3, -0.25) is 0 Å². The molecule has 0 saturated carbocycles. The summed E-state index contributed by atoms with van der Waals surface area (Å²) in [6.07, 6.45) is 5.11. The Hall–Kier alpha value is -3.00. The van der Waals surface area contributed by atoms with E-state index in [1.54, 1.807) is 0 Å². The summed E-state index contributed by atoms with van der Waals surface area (Å²) in [5, 5.41) is 0. The largest absolute Gasteiger partial charge is 0.494 e. The summed E-state index contributed by atoms with van der Waals surface area (Å²) in [5.74, 6) is 1.73. The molecule has 26 heavy (non-hydrogen) atoms. The Balaban J connectivity index is 1.49. The van der Waals surface area contributed by atoms with Crippen molar-refractivity contribution in [2.45, 2.75) is 13.3 Å². The molecule has 3 aromatic rings. The Bertz CT molecular complexity index is 803. The molecule has 3 rings (SSSR count). The van der Waals surface area contributed by atoms with Gasteiger partial charge in [0, 0.05) is 0 Å². The van der Waals surface area contributed by atoms with Crippen LogP contribution in [-0.4, -0.2) is 13.2 Å². The van der Waals surface area contributed by atoms with E-state index in [1.807, 2.05) is 36.4 Å². The molecule has 0 atom stereocenters. The van der Waals surface area contributed by atoms with Crippen LogP contribution in [0.2, 0.25) is 0 Å². The van der Waals surface area contributed by atoms with Gasteiger partial charge in [0.15, 0.2) is 0 Å². The minimum Gasteiger partial charge on any atom is -0.494 e. The Morgan fingerprint density at radius 1 is 0.692 bits per heavy atom. The van der Waals surface area contributed by atoms with E-state index in [-0.39, 0.29) is 0 Å². The van der Waals surface area contributed by atoms with E-state index in [0.717, 1.165) is 30.1 Å². The van der Waals surface area contributed by atoms with E-state index in [0.29, 0.717) is 6.61 Å². The predicted molar refractivity (Wildman–Crippen MR) is 109 cm³/mol. The maximum absolute atomic E-state index is 5.74. The van der Waals surface area contributed by atoms with Gasteiger partial charge in [0.2, 0.25) is 0 Å². The van der Waals surface area contributed by atoms with Crippen molar-refractivity contribution in [3.63, 3.8) is 0 Å². The fourth-order valence-electron chi connectivity index (χ4n) is 2.60. The molecule has 2 nitrogen and oxygen atoms in total. The van der Waals surface area contributed by atoms with Crippen molar-refractivity contribution in [2.75, 3.05) is 13.2 Å². The Kier molecular flexibility index (Phi) is 6.49. The van der Waals surface area contributed by atoms with E-state index in [1.165, 1.54) is 11.1 Å². The molecule has 0 amide bonds. The molecular weight excluding hydrogens is 320 g/mol. The zero-order chi connectivity index (χ0) is 18.0. The molecule has 2 heteroatoms. The highest BCUT2D eigenvalue weighted by Crippen LogP contribution is 2.20. The van der Waals surface area contributed by atoms with Crippen LogP contribution in [0, 0.1) is 0 Å². The Labute approximate surface area is 155 Å². The summed E-state index contributed by atoms with van der Waals surface area (Å²) in [4.78, 5) is 0. The second kappa shape index (κ2) is 9.47. The van der Waals surface area contributed by atoms with Crippen molar-refractivity contribution in [2.24, 2.45) is 0 Å². The molecule has 132 valence electrons. The first-order chi connectivity index (χ1) is 12.8. The standard InChI is InChI=1S/C24H24O2/c1-2-18-25-23-14-16-24(17-15-23)26-19-6-7-20-10-12-22(13-11-20)21-8-4-3-5-9-21/h3-17H,2,18-19H2,1H3/b7-6+. The van der Waals surface area contributed by atoms with Gasteiger partial charge in [-0.1, -0.05) is 67.6 Å². The maximum atomic E-state index is 5.74. The van der Waals surface area contributed by atoms with Crippen LogP contribution >= 0.6 is 0 Å². The van der Waals surface area contributed by atoms with Gasteiger partial charge in [0.1, 0.15) is 18.1 Å². The Morgan fingerprint density at radius 3 is 1.96 bits per heavy atom. The van der Waals surface area contributed by atoms with Crippen molar-refractivity contribution in [3.05, 3.63) is 90.5 Å². The van der Waals surface area contributed by atoms with Gasteiger partial charge < -0.3 is 9.47 Å². The molecule has 0 aliphatic heterocycles. The van der Waals surface area contributed by atoms with Gasteiger partial charge >= 0.3 is 0 Å². The van der Waals surface area contributed by atoms with E-state index in [2.05, 4.69) is 61.5 Å². The highest BCUT2D eigenvalue weighted by molar-refractivity contribution is 5.65. The summed E-state index contributed by atoms with van der Waals surface area (Å²) >= 11 is 0. The van der Waals surface area contributed by atoms with E-state index >= 15 is 0 Å². The smallest absolute Gasteiger partial charge is 0.120 e. The quantitative estimate of drug-likeness (QED) is 0.482. The molecule has 3 aromatic carbocycles. The van der Waals surface area contributed by atoms with Crippen molar-refractivity contribution in [1.82, 2.24) is 0 Å². The minimum absolute atomic E-state index is 0.537. The zero-order valence-corrected chi connectivity index (χ0v) is 15.1.